The van der Waals surface area contributed by atoms with Crippen LogP contribution in [0.15, 0.2) is 10.6 Å². The smallest absolute Gasteiger partial charge is 0.306 e. The molecule has 1 aromatic rings. The molecule has 1 fully saturated rings. The largest absolute Gasteiger partial charge is 0.481 e. The highest BCUT2D eigenvalue weighted by atomic mass is 16.5. The maximum absolute atomic E-state index is 11.6. The highest BCUT2D eigenvalue weighted by Gasteiger charge is 2.26. The molecular formula is C13H18N2O5. The molecule has 1 aliphatic carbocycles. The second-order valence-electron chi connectivity index (χ2n) is 5.00. The Labute approximate surface area is 116 Å². The average Bonchev–Trinajstić information content (AvgIpc) is 2.82. The van der Waals surface area contributed by atoms with E-state index in [0.29, 0.717) is 37.3 Å². The van der Waals surface area contributed by atoms with E-state index in [1.54, 1.807) is 13.0 Å². The van der Waals surface area contributed by atoms with Crippen LogP contribution in [0.5, 0.6) is 0 Å². The number of aromatic nitrogens is 1. The predicted molar refractivity (Wildman–Crippen MR) is 69.2 cm³/mol. The molecule has 1 aliphatic rings. The summed E-state index contributed by atoms with van der Waals surface area (Å²) >= 11 is 0. The standard InChI is InChI=1S/C13H18N2O5/c1-8-6-12(20-15-8)14-11(16)7-19-10-4-2-9(3-5-10)13(17)18/h6,9-10H,2-5,7H2,1H3,(H,14,16)(H,17,18). The summed E-state index contributed by atoms with van der Waals surface area (Å²) in [6.45, 7) is 1.69. The van der Waals surface area contributed by atoms with Crippen LogP contribution < -0.4 is 5.32 Å². The van der Waals surface area contributed by atoms with E-state index in [4.69, 9.17) is 14.4 Å². The van der Waals surface area contributed by atoms with E-state index in [1.165, 1.54) is 0 Å². The minimum atomic E-state index is -0.748. The van der Waals surface area contributed by atoms with Gasteiger partial charge in [0.25, 0.3) is 5.91 Å². The molecule has 0 saturated heterocycles. The number of nitrogens with zero attached hydrogens (tertiary/aromatic N) is 1. The molecule has 0 aromatic carbocycles. The van der Waals surface area contributed by atoms with Crippen molar-refractivity contribution in [1.82, 2.24) is 5.16 Å². The summed E-state index contributed by atoms with van der Waals surface area (Å²) in [5.41, 5.74) is 0.688. The number of aliphatic carboxylic acids is 1. The molecule has 0 aliphatic heterocycles. The van der Waals surface area contributed by atoms with E-state index in [9.17, 15) is 9.59 Å². The first kappa shape index (κ1) is 14.5. The van der Waals surface area contributed by atoms with Gasteiger partial charge < -0.3 is 14.4 Å². The number of carboxylic acids is 1. The minimum Gasteiger partial charge on any atom is -0.481 e. The van der Waals surface area contributed by atoms with E-state index in [-0.39, 0.29) is 24.5 Å². The number of hydrogen-bond acceptors (Lipinski definition) is 5. The van der Waals surface area contributed by atoms with E-state index in [1.807, 2.05) is 0 Å². The Morgan fingerprint density at radius 1 is 1.45 bits per heavy atom. The van der Waals surface area contributed by atoms with E-state index < -0.39 is 5.97 Å². The number of nitrogens with one attached hydrogen (secondary N) is 1. The van der Waals surface area contributed by atoms with Crippen molar-refractivity contribution < 1.29 is 24.0 Å². The molecular weight excluding hydrogens is 264 g/mol. The van der Waals surface area contributed by atoms with Gasteiger partial charge >= 0.3 is 5.97 Å². The van der Waals surface area contributed by atoms with Crippen LogP contribution in [0.2, 0.25) is 0 Å². The molecule has 7 nitrogen and oxygen atoms in total. The lowest BCUT2D eigenvalue weighted by Gasteiger charge is -2.25. The number of amides is 1. The molecule has 0 atom stereocenters. The quantitative estimate of drug-likeness (QED) is 0.850. The molecule has 0 radical (unpaired) electrons. The minimum absolute atomic E-state index is 0.0483. The van der Waals surface area contributed by atoms with Crippen LogP contribution in [0, 0.1) is 12.8 Å². The second kappa shape index (κ2) is 6.51. The van der Waals surface area contributed by atoms with Gasteiger partial charge in [-0.25, -0.2) is 0 Å². The average molecular weight is 282 g/mol. The van der Waals surface area contributed by atoms with Crippen molar-refractivity contribution in [3.8, 4) is 0 Å². The van der Waals surface area contributed by atoms with E-state index in [0.717, 1.165) is 0 Å². The Bertz CT molecular complexity index is 477. The fourth-order valence-corrected chi connectivity index (χ4v) is 2.27. The van der Waals surface area contributed by atoms with Crippen molar-refractivity contribution in [2.45, 2.75) is 38.7 Å². The van der Waals surface area contributed by atoms with Gasteiger partial charge in [0.15, 0.2) is 0 Å². The van der Waals surface area contributed by atoms with Gasteiger partial charge in [0.1, 0.15) is 6.61 Å². The summed E-state index contributed by atoms with van der Waals surface area (Å²) in [6, 6.07) is 1.62. The first-order valence-electron chi connectivity index (χ1n) is 6.62. The first-order chi connectivity index (χ1) is 9.54. The van der Waals surface area contributed by atoms with Crippen molar-refractivity contribution in [3.63, 3.8) is 0 Å². The summed E-state index contributed by atoms with van der Waals surface area (Å²) < 4.78 is 10.3. The molecule has 7 heteroatoms. The van der Waals surface area contributed by atoms with Crippen molar-refractivity contribution in [3.05, 3.63) is 11.8 Å². The number of anilines is 1. The number of carboxylic acid groups (broad SMARTS) is 1. The zero-order valence-electron chi connectivity index (χ0n) is 11.3. The van der Waals surface area contributed by atoms with Gasteiger partial charge in [0.05, 0.1) is 17.7 Å². The Balaban J connectivity index is 1.68. The number of hydrogen-bond donors (Lipinski definition) is 2. The highest BCUT2D eigenvalue weighted by molar-refractivity contribution is 5.90. The summed E-state index contributed by atoms with van der Waals surface area (Å²) in [7, 11) is 0. The van der Waals surface area contributed by atoms with Gasteiger partial charge in [-0.1, -0.05) is 5.16 Å². The van der Waals surface area contributed by atoms with Crippen LogP contribution in [0.4, 0.5) is 5.88 Å². The lowest BCUT2D eigenvalue weighted by atomic mass is 9.87. The third-order valence-electron chi connectivity index (χ3n) is 3.36. The summed E-state index contributed by atoms with van der Waals surface area (Å²) in [6.07, 6.45) is 2.50. The third kappa shape index (κ3) is 4.06. The number of carbonyl (C=O) groups excluding carboxylic acids is 1. The Morgan fingerprint density at radius 3 is 2.70 bits per heavy atom. The molecule has 2 N–H and O–H groups in total. The van der Waals surface area contributed by atoms with Crippen LogP contribution in [0.25, 0.3) is 0 Å². The lowest BCUT2D eigenvalue weighted by Crippen LogP contribution is -2.29. The molecule has 20 heavy (non-hydrogen) atoms. The summed E-state index contributed by atoms with van der Waals surface area (Å²) in [4.78, 5) is 22.4. The molecule has 0 bridgehead atoms. The van der Waals surface area contributed by atoms with E-state index >= 15 is 0 Å². The molecule has 110 valence electrons. The Hall–Kier alpha value is -1.89. The number of rotatable bonds is 5. The normalized spacial score (nSPS) is 22.4. The number of ether oxygens (including phenoxy) is 1. The van der Waals surface area contributed by atoms with Crippen molar-refractivity contribution in [2.75, 3.05) is 11.9 Å². The van der Waals surface area contributed by atoms with Crippen molar-refractivity contribution in [2.24, 2.45) is 5.92 Å². The molecule has 1 amide bonds. The van der Waals surface area contributed by atoms with E-state index in [2.05, 4.69) is 10.5 Å². The Kier molecular flexibility index (Phi) is 4.73. The van der Waals surface area contributed by atoms with Crippen molar-refractivity contribution >= 4 is 17.8 Å². The van der Waals surface area contributed by atoms with Crippen LogP contribution >= 0.6 is 0 Å². The number of carbonyl (C=O) groups is 2. The topological polar surface area (TPSA) is 102 Å². The highest BCUT2D eigenvalue weighted by Crippen LogP contribution is 2.26. The first-order valence-corrected chi connectivity index (χ1v) is 6.62. The van der Waals surface area contributed by atoms with Gasteiger partial charge in [-0.05, 0) is 32.6 Å². The molecule has 1 saturated carbocycles. The summed E-state index contributed by atoms with van der Waals surface area (Å²) in [5.74, 6) is -1.03. The third-order valence-corrected chi connectivity index (χ3v) is 3.36. The molecule has 1 aromatic heterocycles. The van der Waals surface area contributed by atoms with Crippen molar-refractivity contribution in [1.29, 1.82) is 0 Å². The predicted octanol–water partition coefficient (Wildman–Crippen LogP) is 1.58. The maximum Gasteiger partial charge on any atom is 0.306 e. The van der Waals surface area contributed by atoms with Gasteiger partial charge in [-0.3, -0.25) is 14.9 Å². The molecule has 2 rings (SSSR count). The Morgan fingerprint density at radius 2 is 2.15 bits per heavy atom. The molecule has 0 spiro atoms. The zero-order valence-corrected chi connectivity index (χ0v) is 11.3. The zero-order chi connectivity index (χ0) is 14.5. The fraction of sp³-hybridized carbons (Fsp3) is 0.615. The van der Waals surface area contributed by atoms with Gasteiger partial charge in [-0.15, -0.1) is 0 Å². The molecule has 0 unspecified atom stereocenters. The van der Waals surface area contributed by atoms with Crippen LogP contribution in [-0.2, 0) is 14.3 Å². The van der Waals surface area contributed by atoms with Gasteiger partial charge in [-0.2, -0.15) is 0 Å². The van der Waals surface area contributed by atoms with Crippen LogP contribution in [0.1, 0.15) is 31.4 Å². The van der Waals surface area contributed by atoms with Gasteiger partial charge in [0.2, 0.25) is 5.88 Å². The SMILES string of the molecule is Cc1cc(NC(=O)COC2CCC(C(=O)O)CC2)on1. The van der Waals surface area contributed by atoms with Gasteiger partial charge in [0, 0.05) is 6.07 Å². The lowest BCUT2D eigenvalue weighted by molar-refractivity contribution is -0.144. The number of aryl methyl sites for hydroxylation is 1. The second-order valence-corrected chi connectivity index (χ2v) is 5.00. The monoisotopic (exact) mass is 282 g/mol. The van der Waals surface area contributed by atoms with Crippen LogP contribution in [-0.4, -0.2) is 34.9 Å². The molecule has 1 heterocycles. The fourth-order valence-electron chi connectivity index (χ4n) is 2.27. The van der Waals surface area contributed by atoms with Crippen LogP contribution in [0.3, 0.4) is 0 Å². The maximum atomic E-state index is 11.6. The summed E-state index contributed by atoms with van der Waals surface area (Å²) in [5, 5.41) is 15.1.